The largest absolute Gasteiger partial charge is 0.496 e. The number of hydrogen-bond acceptors (Lipinski definition) is 3. The zero-order valence-electron chi connectivity index (χ0n) is 15.3. The van der Waals surface area contributed by atoms with Crippen LogP contribution in [-0.2, 0) is 4.79 Å². The van der Waals surface area contributed by atoms with Crippen molar-refractivity contribution in [1.29, 1.82) is 0 Å². The van der Waals surface area contributed by atoms with Crippen molar-refractivity contribution in [2.75, 3.05) is 21.2 Å². The molecule has 0 aromatic heterocycles. The second kappa shape index (κ2) is 9.07. The molecule has 0 radical (unpaired) electrons. The molecule has 0 unspecified atom stereocenters. The van der Waals surface area contributed by atoms with Gasteiger partial charge in [-0.05, 0) is 36.2 Å². The maximum Gasteiger partial charge on any atom is 0.490 e. The predicted octanol–water partition coefficient (Wildman–Crippen LogP) is 4.01. The highest BCUT2D eigenvalue weighted by Gasteiger charge is 2.38. The molecule has 0 fully saturated rings. The summed E-state index contributed by atoms with van der Waals surface area (Å²) in [5.74, 6) is -2.07. The van der Waals surface area contributed by atoms with Crippen LogP contribution in [0.5, 0.6) is 5.75 Å². The first-order valence-electron chi connectivity index (χ1n) is 7.74. The van der Waals surface area contributed by atoms with Gasteiger partial charge in [0.15, 0.2) is 0 Å². The number of rotatable bonds is 3. The number of carbonyl (C=O) groups is 2. The summed E-state index contributed by atoms with van der Waals surface area (Å²) in [6, 6.07) is 13.7. The van der Waals surface area contributed by atoms with Crippen LogP contribution in [0.2, 0.25) is 0 Å². The zero-order valence-corrected chi connectivity index (χ0v) is 15.3. The lowest BCUT2D eigenvalue weighted by molar-refractivity contribution is -0.192. The molecular weight excluding hydrogens is 363 g/mol. The van der Waals surface area contributed by atoms with E-state index in [1.807, 2.05) is 24.3 Å². The van der Waals surface area contributed by atoms with Gasteiger partial charge in [-0.1, -0.05) is 24.3 Å². The van der Waals surface area contributed by atoms with E-state index in [0.717, 1.165) is 11.1 Å². The molecule has 27 heavy (non-hydrogen) atoms. The third-order valence-electron chi connectivity index (χ3n) is 3.53. The van der Waals surface area contributed by atoms with Crippen molar-refractivity contribution in [3.05, 3.63) is 53.6 Å². The predicted molar refractivity (Wildman–Crippen MR) is 94.9 cm³/mol. The number of alkyl halides is 3. The van der Waals surface area contributed by atoms with Crippen LogP contribution in [0.4, 0.5) is 13.2 Å². The van der Waals surface area contributed by atoms with Gasteiger partial charge in [0.2, 0.25) is 0 Å². The van der Waals surface area contributed by atoms with Crippen LogP contribution in [-0.4, -0.2) is 49.3 Å². The van der Waals surface area contributed by atoms with Gasteiger partial charge in [-0.2, -0.15) is 13.2 Å². The summed E-state index contributed by atoms with van der Waals surface area (Å²) in [7, 11) is 5.11. The lowest BCUT2D eigenvalue weighted by atomic mass is 9.98. The number of ether oxygens (including phenoxy) is 1. The summed E-state index contributed by atoms with van der Waals surface area (Å²) in [5, 5.41) is 7.12. The van der Waals surface area contributed by atoms with Crippen LogP contribution in [0.3, 0.4) is 0 Å². The maximum absolute atomic E-state index is 12.0. The van der Waals surface area contributed by atoms with Crippen molar-refractivity contribution in [2.45, 2.75) is 13.1 Å². The SMILES string of the molecule is COc1cc(C(=O)N(C)C)ccc1-c1ccccc1C.O=C(O)C(F)(F)F. The van der Waals surface area contributed by atoms with E-state index >= 15 is 0 Å². The molecule has 0 saturated carbocycles. The number of hydrogen-bond donors (Lipinski definition) is 1. The Hall–Kier alpha value is -3.03. The molecule has 2 aromatic rings. The molecule has 1 amide bonds. The minimum Gasteiger partial charge on any atom is -0.496 e. The van der Waals surface area contributed by atoms with Gasteiger partial charge in [-0.15, -0.1) is 0 Å². The first-order valence-corrected chi connectivity index (χ1v) is 7.74. The van der Waals surface area contributed by atoms with Crippen LogP contribution in [0.1, 0.15) is 15.9 Å². The standard InChI is InChI=1S/C17H19NO2.C2HF3O2/c1-12-7-5-6-8-14(12)15-10-9-13(11-16(15)20-4)17(19)18(2)3;3-2(4,5)1(6)7/h5-11H,1-4H3;(H,6,7). The molecule has 0 aliphatic rings. The summed E-state index contributed by atoms with van der Waals surface area (Å²) >= 11 is 0. The molecule has 146 valence electrons. The van der Waals surface area contributed by atoms with Gasteiger partial charge in [0.1, 0.15) is 5.75 Å². The molecule has 1 N–H and O–H groups in total. The molecular formula is C19H20F3NO4. The molecule has 2 rings (SSSR count). The van der Waals surface area contributed by atoms with Gasteiger partial charge in [0.05, 0.1) is 7.11 Å². The van der Waals surface area contributed by atoms with E-state index in [9.17, 15) is 18.0 Å². The van der Waals surface area contributed by atoms with E-state index < -0.39 is 12.1 Å². The van der Waals surface area contributed by atoms with E-state index in [1.54, 1.807) is 32.2 Å². The zero-order chi connectivity index (χ0) is 20.8. The first kappa shape index (κ1) is 22.0. The van der Waals surface area contributed by atoms with E-state index in [1.165, 1.54) is 5.56 Å². The summed E-state index contributed by atoms with van der Waals surface area (Å²) in [6.07, 6.45) is -5.08. The number of amides is 1. The number of carboxylic acid groups (broad SMARTS) is 1. The molecule has 0 atom stereocenters. The Morgan fingerprint density at radius 2 is 1.59 bits per heavy atom. The molecule has 2 aromatic carbocycles. The molecule has 0 bridgehead atoms. The third-order valence-corrected chi connectivity index (χ3v) is 3.53. The highest BCUT2D eigenvalue weighted by molar-refractivity contribution is 5.95. The topological polar surface area (TPSA) is 66.8 Å². The average molecular weight is 383 g/mol. The Morgan fingerprint density at radius 1 is 1.04 bits per heavy atom. The Balaban J connectivity index is 0.000000445. The number of carboxylic acids is 1. The number of nitrogens with zero attached hydrogens (tertiary/aromatic N) is 1. The van der Waals surface area contributed by atoms with Crippen molar-refractivity contribution < 1.29 is 32.6 Å². The second-order valence-corrected chi connectivity index (χ2v) is 5.73. The van der Waals surface area contributed by atoms with E-state index in [0.29, 0.717) is 11.3 Å². The number of aryl methyl sites for hydroxylation is 1. The lowest BCUT2D eigenvalue weighted by Gasteiger charge is -2.14. The van der Waals surface area contributed by atoms with Gasteiger partial charge in [-0.25, -0.2) is 4.79 Å². The number of methoxy groups -OCH3 is 1. The smallest absolute Gasteiger partial charge is 0.490 e. The van der Waals surface area contributed by atoms with E-state index in [2.05, 4.69) is 19.1 Å². The van der Waals surface area contributed by atoms with Gasteiger partial charge >= 0.3 is 12.1 Å². The van der Waals surface area contributed by atoms with Crippen LogP contribution >= 0.6 is 0 Å². The highest BCUT2D eigenvalue weighted by atomic mass is 19.4. The Bertz CT molecular complexity index is 817. The van der Waals surface area contributed by atoms with E-state index in [-0.39, 0.29) is 5.91 Å². The Morgan fingerprint density at radius 3 is 2.04 bits per heavy atom. The van der Waals surface area contributed by atoms with E-state index in [4.69, 9.17) is 14.6 Å². The summed E-state index contributed by atoms with van der Waals surface area (Å²) in [6.45, 7) is 2.06. The second-order valence-electron chi connectivity index (χ2n) is 5.73. The van der Waals surface area contributed by atoms with Gasteiger partial charge in [0, 0.05) is 25.2 Å². The summed E-state index contributed by atoms with van der Waals surface area (Å²) in [5.41, 5.74) is 3.93. The molecule has 8 heteroatoms. The normalized spacial score (nSPS) is 10.5. The molecule has 0 aliphatic heterocycles. The number of halogens is 3. The Kier molecular flexibility index (Phi) is 7.39. The minimum atomic E-state index is -5.08. The van der Waals surface area contributed by atoms with Gasteiger partial charge in [0.25, 0.3) is 5.91 Å². The average Bonchev–Trinajstić information content (AvgIpc) is 2.60. The fourth-order valence-corrected chi connectivity index (χ4v) is 2.18. The van der Waals surface area contributed by atoms with Crippen molar-refractivity contribution >= 4 is 11.9 Å². The number of carbonyl (C=O) groups excluding carboxylic acids is 1. The quantitative estimate of drug-likeness (QED) is 0.870. The highest BCUT2D eigenvalue weighted by Crippen LogP contribution is 2.33. The van der Waals surface area contributed by atoms with Crippen LogP contribution < -0.4 is 4.74 Å². The van der Waals surface area contributed by atoms with Gasteiger partial charge in [-0.3, -0.25) is 4.79 Å². The lowest BCUT2D eigenvalue weighted by Crippen LogP contribution is -2.21. The van der Waals surface area contributed by atoms with Gasteiger partial charge < -0.3 is 14.7 Å². The molecule has 0 heterocycles. The molecule has 0 saturated heterocycles. The molecule has 5 nitrogen and oxygen atoms in total. The monoisotopic (exact) mass is 383 g/mol. The maximum atomic E-state index is 12.0. The van der Waals surface area contributed by atoms with Crippen molar-refractivity contribution in [1.82, 2.24) is 4.90 Å². The molecule has 0 spiro atoms. The summed E-state index contributed by atoms with van der Waals surface area (Å²) in [4.78, 5) is 22.5. The number of benzene rings is 2. The minimum absolute atomic E-state index is 0.0281. The van der Waals surface area contributed by atoms with Crippen molar-refractivity contribution in [3.8, 4) is 16.9 Å². The number of aliphatic carboxylic acids is 1. The van der Waals surface area contributed by atoms with Crippen molar-refractivity contribution in [2.24, 2.45) is 0 Å². The fourth-order valence-electron chi connectivity index (χ4n) is 2.18. The van der Waals surface area contributed by atoms with Crippen LogP contribution in [0.15, 0.2) is 42.5 Å². The summed E-state index contributed by atoms with van der Waals surface area (Å²) < 4.78 is 37.2. The van der Waals surface area contributed by atoms with Crippen molar-refractivity contribution in [3.63, 3.8) is 0 Å². The third kappa shape index (κ3) is 6.02. The molecule has 0 aliphatic carbocycles. The van der Waals surface area contributed by atoms with Crippen LogP contribution in [0, 0.1) is 6.92 Å². The first-order chi connectivity index (χ1) is 12.5. The fraction of sp³-hybridized carbons (Fsp3) is 0.263. The van der Waals surface area contributed by atoms with Crippen LogP contribution in [0.25, 0.3) is 11.1 Å². The Labute approximate surface area is 155 Å².